The molecule has 14 heavy (non-hydrogen) atoms. The number of rotatable bonds is 6. The van der Waals surface area contributed by atoms with E-state index in [2.05, 4.69) is 29.1 Å². The number of aromatic nitrogens is 2. The summed E-state index contributed by atoms with van der Waals surface area (Å²) >= 11 is 0. The monoisotopic (exact) mass is 193 g/mol. The van der Waals surface area contributed by atoms with Crippen LogP contribution in [0.4, 0.5) is 0 Å². The van der Waals surface area contributed by atoms with E-state index in [-0.39, 0.29) is 0 Å². The van der Waals surface area contributed by atoms with E-state index < -0.39 is 0 Å². The average molecular weight is 193 g/mol. The maximum Gasteiger partial charge on any atom is 0.115 e. The fourth-order valence-corrected chi connectivity index (χ4v) is 1.31. The molecule has 0 fully saturated rings. The standard InChI is InChI=1S/C11H19N3/c1-3-4-5-10(2)13-8-11-6-7-12-9-14-11/h6-7,9-10,13H,3-5,8H2,1-2H3. The van der Waals surface area contributed by atoms with Crippen molar-refractivity contribution < 1.29 is 0 Å². The van der Waals surface area contributed by atoms with Crippen molar-refractivity contribution in [3.8, 4) is 0 Å². The largest absolute Gasteiger partial charge is 0.309 e. The quantitative estimate of drug-likeness (QED) is 0.752. The first-order chi connectivity index (χ1) is 6.83. The van der Waals surface area contributed by atoms with Crippen molar-refractivity contribution in [1.29, 1.82) is 0 Å². The van der Waals surface area contributed by atoms with Crippen molar-refractivity contribution in [1.82, 2.24) is 15.3 Å². The lowest BCUT2D eigenvalue weighted by Crippen LogP contribution is -2.25. The van der Waals surface area contributed by atoms with Gasteiger partial charge in [0.05, 0.1) is 5.69 Å². The van der Waals surface area contributed by atoms with Gasteiger partial charge in [-0.1, -0.05) is 19.8 Å². The van der Waals surface area contributed by atoms with Gasteiger partial charge in [-0.25, -0.2) is 9.97 Å². The SMILES string of the molecule is CCCCC(C)NCc1ccncn1. The zero-order valence-corrected chi connectivity index (χ0v) is 9.03. The molecule has 3 nitrogen and oxygen atoms in total. The van der Waals surface area contributed by atoms with E-state index in [0.29, 0.717) is 6.04 Å². The number of hydrogen-bond acceptors (Lipinski definition) is 3. The first-order valence-corrected chi connectivity index (χ1v) is 5.31. The Morgan fingerprint density at radius 2 is 2.36 bits per heavy atom. The first kappa shape index (κ1) is 11.1. The molecule has 78 valence electrons. The van der Waals surface area contributed by atoms with E-state index in [1.165, 1.54) is 19.3 Å². The van der Waals surface area contributed by atoms with E-state index in [1.807, 2.05) is 6.07 Å². The molecule has 1 aromatic rings. The Morgan fingerprint density at radius 1 is 1.50 bits per heavy atom. The minimum Gasteiger partial charge on any atom is -0.309 e. The third-order valence-corrected chi connectivity index (χ3v) is 2.27. The summed E-state index contributed by atoms with van der Waals surface area (Å²) in [6.07, 6.45) is 7.16. The molecule has 0 bridgehead atoms. The molecule has 1 atom stereocenters. The van der Waals surface area contributed by atoms with Crippen LogP contribution in [0.15, 0.2) is 18.6 Å². The average Bonchev–Trinajstić information content (AvgIpc) is 2.25. The summed E-state index contributed by atoms with van der Waals surface area (Å²) in [4.78, 5) is 8.04. The van der Waals surface area contributed by atoms with Crippen LogP contribution in [0.1, 0.15) is 38.8 Å². The Bertz CT molecular complexity index is 236. The molecular formula is C11H19N3. The third kappa shape index (κ3) is 4.33. The minimum absolute atomic E-state index is 0.574. The summed E-state index contributed by atoms with van der Waals surface area (Å²) < 4.78 is 0. The fourth-order valence-electron chi connectivity index (χ4n) is 1.31. The molecule has 0 saturated heterocycles. The normalized spacial score (nSPS) is 12.7. The van der Waals surface area contributed by atoms with Crippen LogP contribution >= 0.6 is 0 Å². The molecule has 0 saturated carbocycles. The van der Waals surface area contributed by atoms with Crippen molar-refractivity contribution in [2.75, 3.05) is 0 Å². The number of nitrogens with one attached hydrogen (secondary N) is 1. The summed E-state index contributed by atoms with van der Waals surface area (Å²) in [7, 11) is 0. The van der Waals surface area contributed by atoms with Gasteiger partial charge in [0.2, 0.25) is 0 Å². The number of unbranched alkanes of at least 4 members (excludes halogenated alkanes) is 1. The van der Waals surface area contributed by atoms with Crippen molar-refractivity contribution in [3.63, 3.8) is 0 Å². The van der Waals surface area contributed by atoms with Gasteiger partial charge in [0.1, 0.15) is 6.33 Å². The molecule has 1 rings (SSSR count). The van der Waals surface area contributed by atoms with Gasteiger partial charge >= 0.3 is 0 Å². The van der Waals surface area contributed by atoms with Crippen LogP contribution in [0.2, 0.25) is 0 Å². The Hall–Kier alpha value is -0.960. The van der Waals surface area contributed by atoms with Gasteiger partial charge in [-0.2, -0.15) is 0 Å². The summed E-state index contributed by atoms with van der Waals surface area (Å²) in [5, 5.41) is 3.44. The minimum atomic E-state index is 0.574. The van der Waals surface area contributed by atoms with E-state index in [4.69, 9.17) is 0 Å². The predicted octanol–water partition coefficient (Wildman–Crippen LogP) is 2.14. The second-order valence-corrected chi connectivity index (χ2v) is 3.62. The lowest BCUT2D eigenvalue weighted by molar-refractivity contribution is 0.491. The molecule has 1 unspecified atom stereocenters. The zero-order valence-electron chi connectivity index (χ0n) is 9.03. The molecule has 0 aliphatic rings. The van der Waals surface area contributed by atoms with Crippen LogP contribution in [0.25, 0.3) is 0 Å². The molecule has 0 aliphatic carbocycles. The van der Waals surface area contributed by atoms with Crippen LogP contribution < -0.4 is 5.32 Å². The highest BCUT2D eigenvalue weighted by atomic mass is 14.9. The Balaban J connectivity index is 2.20. The van der Waals surface area contributed by atoms with Gasteiger partial charge in [-0.05, 0) is 19.4 Å². The molecular weight excluding hydrogens is 174 g/mol. The van der Waals surface area contributed by atoms with Gasteiger partial charge in [-0.3, -0.25) is 0 Å². The zero-order chi connectivity index (χ0) is 10.2. The summed E-state index contributed by atoms with van der Waals surface area (Å²) in [5.74, 6) is 0. The number of nitrogens with zero attached hydrogens (tertiary/aromatic N) is 2. The van der Waals surface area contributed by atoms with Gasteiger partial charge in [0.15, 0.2) is 0 Å². The predicted molar refractivity (Wildman–Crippen MR) is 57.9 cm³/mol. The topological polar surface area (TPSA) is 37.8 Å². The Kier molecular flexibility index (Phi) is 5.15. The van der Waals surface area contributed by atoms with Crippen molar-refractivity contribution >= 4 is 0 Å². The van der Waals surface area contributed by atoms with Crippen molar-refractivity contribution in [2.45, 2.75) is 45.7 Å². The molecule has 0 aromatic carbocycles. The van der Waals surface area contributed by atoms with Crippen LogP contribution in [-0.4, -0.2) is 16.0 Å². The van der Waals surface area contributed by atoms with Crippen LogP contribution in [0.3, 0.4) is 0 Å². The maximum atomic E-state index is 4.16. The molecule has 0 aliphatic heterocycles. The lowest BCUT2D eigenvalue weighted by atomic mass is 10.1. The van der Waals surface area contributed by atoms with Gasteiger partial charge in [0.25, 0.3) is 0 Å². The molecule has 1 N–H and O–H groups in total. The summed E-state index contributed by atoms with van der Waals surface area (Å²) in [5.41, 5.74) is 1.06. The molecule has 3 heteroatoms. The lowest BCUT2D eigenvalue weighted by Gasteiger charge is -2.12. The molecule has 0 amide bonds. The summed E-state index contributed by atoms with van der Waals surface area (Å²) in [6.45, 7) is 5.28. The molecule has 0 radical (unpaired) electrons. The summed E-state index contributed by atoms with van der Waals surface area (Å²) in [6, 6.07) is 2.52. The second kappa shape index (κ2) is 6.49. The van der Waals surface area contributed by atoms with E-state index in [9.17, 15) is 0 Å². The Labute approximate surface area is 86.0 Å². The van der Waals surface area contributed by atoms with E-state index in [1.54, 1.807) is 12.5 Å². The molecule has 1 heterocycles. The van der Waals surface area contributed by atoms with Crippen LogP contribution in [0.5, 0.6) is 0 Å². The van der Waals surface area contributed by atoms with Gasteiger partial charge < -0.3 is 5.32 Å². The Morgan fingerprint density at radius 3 is 3.00 bits per heavy atom. The van der Waals surface area contributed by atoms with E-state index >= 15 is 0 Å². The molecule has 1 aromatic heterocycles. The van der Waals surface area contributed by atoms with Gasteiger partial charge in [0, 0.05) is 18.8 Å². The highest BCUT2D eigenvalue weighted by Crippen LogP contribution is 2.00. The van der Waals surface area contributed by atoms with Crippen LogP contribution in [-0.2, 0) is 6.54 Å². The van der Waals surface area contributed by atoms with Gasteiger partial charge in [-0.15, -0.1) is 0 Å². The van der Waals surface area contributed by atoms with E-state index in [0.717, 1.165) is 12.2 Å². The van der Waals surface area contributed by atoms with Crippen molar-refractivity contribution in [3.05, 3.63) is 24.3 Å². The second-order valence-electron chi connectivity index (χ2n) is 3.62. The first-order valence-electron chi connectivity index (χ1n) is 5.31. The number of hydrogen-bond donors (Lipinski definition) is 1. The highest BCUT2D eigenvalue weighted by molar-refractivity contribution is 4.97. The van der Waals surface area contributed by atoms with Crippen LogP contribution in [0, 0.1) is 0 Å². The smallest absolute Gasteiger partial charge is 0.115 e. The van der Waals surface area contributed by atoms with Crippen molar-refractivity contribution in [2.24, 2.45) is 0 Å². The molecule has 0 spiro atoms. The third-order valence-electron chi connectivity index (χ3n) is 2.27. The highest BCUT2D eigenvalue weighted by Gasteiger charge is 2.00. The fraction of sp³-hybridized carbons (Fsp3) is 0.636. The maximum absolute atomic E-state index is 4.16.